The van der Waals surface area contributed by atoms with Crippen molar-refractivity contribution >= 4 is 17.2 Å². The van der Waals surface area contributed by atoms with Crippen molar-refractivity contribution in [2.75, 3.05) is 33.4 Å². The highest BCUT2D eigenvalue weighted by molar-refractivity contribution is 7.08. The number of hydrogen-bond acceptors (Lipinski definition) is 7. The molecule has 1 aliphatic rings. The predicted octanol–water partition coefficient (Wildman–Crippen LogP) is 1.93. The molecule has 0 saturated carbocycles. The Labute approximate surface area is 154 Å². The molecule has 8 heteroatoms. The topological polar surface area (TPSA) is 89.2 Å². The molecule has 1 N–H and O–H groups in total. The molecule has 2 aromatic rings. The smallest absolute Gasteiger partial charge is 0.227 e. The molecule has 3 heterocycles. The van der Waals surface area contributed by atoms with Crippen molar-refractivity contribution in [3.05, 3.63) is 50.2 Å². The maximum Gasteiger partial charge on any atom is 0.227 e. The Morgan fingerprint density at radius 3 is 2.85 bits per heavy atom. The zero-order chi connectivity index (χ0) is 18.5. The summed E-state index contributed by atoms with van der Waals surface area (Å²) in [7, 11) is 1.49. The number of ether oxygens (including phenoxy) is 2. The van der Waals surface area contributed by atoms with Gasteiger partial charge < -0.3 is 23.9 Å². The van der Waals surface area contributed by atoms with Crippen LogP contribution in [0.15, 0.2) is 32.1 Å². The van der Waals surface area contributed by atoms with Crippen LogP contribution in [0.5, 0.6) is 5.75 Å². The Morgan fingerprint density at radius 1 is 1.42 bits per heavy atom. The molecular weight excluding hydrogens is 358 g/mol. The minimum absolute atomic E-state index is 0.0660. The van der Waals surface area contributed by atoms with Crippen molar-refractivity contribution in [2.24, 2.45) is 0 Å². The lowest BCUT2D eigenvalue weighted by molar-refractivity contribution is -0.135. The van der Waals surface area contributed by atoms with Gasteiger partial charge in [0.2, 0.25) is 17.1 Å². The molecular formula is C18H21NO6S. The van der Waals surface area contributed by atoms with E-state index in [4.69, 9.17) is 13.9 Å². The van der Waals surface area contributed by atoms with E-state index >= 15 is 0 Å². The molecule has 140 valence electrons. The third-order valence-corrected chi connectivity index (χ3v) is 4.99. The molecule has 1 atom stereocenters. The van der Waals surface area contributed by atoms with Gasteiger partial charge in [0.15, 0.2) is 5.76 Å². The third-order valence-electron chi connectivity index (χ3n) is 4.29. The Bertz CT molecular complexity index is 795. The first kappa shape index (κ1) is 18.6. The molecule has 1 saturated heterocycles. The second-order valence-corrected chi connectivity index (χ2v) is 6.81. The first-order chi connectivity index (χ1) is 12.6. The van der Waals surface area contributed by atoms with Gasteiger partial charge in [-0.15, -0.1) is 0 Å². The molecule has 0 radical (unpaired) electrons. The van der Waals surface area contributed by atoms with Gasteiger partial charge >= 0.3 is 0 Å². The van der Waals surface area contributed by atoms with E-state index in [-0.39, 0.29) is 24.7 Å². The van der Waals surface area contributed by atoms with Crippen molar-refractivity contribution in [3.63, 3.8) is 0 Å². The first-order valence-corrected chi connectivity index (χ1v) is 9.27. The van der Waals surface area contributed by atoms with Gasteiger partial charge in [-0.3, -0.25) is 9.59 Å². The fraction of sp³-hybridized carbons (Fsp3) is 0.444. The summed E-state index contributed by atoms with van der Waals surface area (Å²) in [5.74, 6) is -0.658. The molecule has 26 heavy (non-hydrogen) atoms. The van der Waals surface area contributed by atoms with Gasteiger partial charge in [0, 0.05) is 32.7 Å². The second-order valence-electron chi connectivity index (χ2n) is 6.03. The van der Waals surface area contributed by atoms with E-state index in [9.17, 15) is 14.7 Å². The fourth-order valence-electron chi connectivity index (χ4n) is 2.96. The average molecular weight is 379 g/mol. The standard InChI is InChI=1S/C18H21NO6S/c1-23-10-13-8-15(20)17(22)18(25-13)14(12-2-7-26-11-12)9-16(21)19-3-5-24-6-4-19/h2,7-8,11,14,22H,3-6,9-10H2,1H3. The van der Waals surface area contributed by atoms with Crippen LogP contribution < -0.4 is 5.43 Å². The highest BCUT2D eigenvalue weighted by Gasteiger charge is 2.29. The molecule has 0 bridgehead atoms. The summed E-state index contributed by atoms with van der Waals surface area (Å²) in [6.45, 7) is 2.21. The number of thiophene rings is 1. The lowest BCUT2D eigenvalue weighted by Crippen LogP contribution is -2.41. The summed E-state index contributed by atoms with van der Waals surface area (Å²) < 4.78 is 16.0. The van der Waals surface area contributed by atoms with Crippen LogP contribution in [-0.2, 0) is 20.9 Å². The van der Waals surface area contributed by atoms with E-state index in [0.29, 0.717) is 32.1 Å². The van der Waals surface area contributed by atoms with Crippen molar-refractivity contribution in [1.82, 2.24) is 4.90 Å². The fourth-order valence-corrected chi connectivity index (χ4v) is 3.67. The van der Waals surface area contributed by atoms with Gasteiger partial charge in [-0.25, -0.2) is 0 Å². The van der Waals surface area contributed by atoms with E-state index in [1.54, 1.807) is 4.90 Å². The van der Waals surface area contributed by atoms with Crippen LogP contribution in [0.1, 0.15) is 29.4 Å². The van der Waals surface area contributed by atoms with Crippen LogP contribution in [0.2, 0.25) is 0 Å². The molecule has 1 fully saturated rings. The lowest BCUT2D eigenvalue weighted by Gasteiger charge is -2.28. The van der Waals surface area contributed by atoms with Crippen molar-refractivity contribution in [1.29, 1.82) is 0 Å². The highest BCUT2D eigenvalue weighted by Crippen LogP contribution is 2.34. The summed E-state index contributed by atoms with van der Waals surface area (Å²) in [6, 6.07) is 3.07. The minimum atomic E-state index is -0.544. The number of nitrogens with zero attached hydrogens (tertiary/aromatic N) is 1. The maximum absolute atomic E-state index is 12.7. The highest BCUT2D eigenvalue weighted by atomic mass is 32.1. The van der Waals surface area contributed by atoms with E-state index in [2.05, 4.69) is 0 Å². The van der Waals surface area contributed by atoms with Crippen molar-refractivity contribution in [2.45, 2.75) is 18.9 Å². The summed E-state index contributed by atoms with van der Waals surface area (Å²) in [5.41, 5.74) is 0.280. The number of morpholine rings is 1. The molecule has 3 rings (SSSR count). The van der Waals surface area contributed by atoms with Crippen LogP contribution in [0, 0.1) is 0 Å². The first-order valence-electron chi connectivity index (χ1n) is 8.32. The van der Waals surface area contributed by atoms with Gasteiger partial charge in [0.1, 0.15) is 12.4 Å². The number of rotatable bonds is 6. The van der Waals surface area contributed by atoms with E-state index in [1.165, 1.54) is 24.5 Å². The Balaban J connectivity index is 1.94. The molecule has 0 aliphatic carbocycles. The van der Waals surface area contributed by atoms with Gasteiger partial charge in [-0.2, -0.15) is 11.3 Å². The van der Waals surface area contributed by atoms with Gasteiger partial charge in [-0.05, 0) is 22.4 Å². The number of hydrogen-bond donors (Lipinski definition) is 1. The number of carbonyl (C=O) groups is 1. The van der Waals surface area contributed by atoms with Crippen LogP contribution in [0.3, 0.4) is 0 Å². The van der Waals surface area contributed by atoms with Crippen LogP contribution in [-0.4, -0.2) is 49.3 Å². The maximum atomic E-state index is 12.7. The van der Waals surface area contributed by atoms with Gasteiger partial charge in [0.05, 0.1) is 19.1 Å². The molecule has 1 amide bonds. The monoisotopic (exact) mass is 379 g/mol. The molecule has 1 unspecified atom stereocenters. The van der Waals surface area contributed by atoms with Crippen LogP contribution in [0.25, 0.3) is 0 Å². The SMILES string of the molecule is COCc1cc(=O)c(O)c(C(CC(=O)N2CCOCC2)c2ccsc2)o1. The largest absolute Gasteiger partial charge is 0.502 e. The number of aromatic hydroxyl groups is 1. The number of methoxy groups -OCH3 is 1. The molecule has 1 aliphatic heterocycles. The van der Waals surface area contributed by atoms with Gasteiger partial charge in [-0.1, -0.05) is 0 Å². The molecule has 0 spiro atoms. The Kier molecular flexibility index (Phi) is 6.08. The number of carbonyl (C=O) groups excluding carboxylic acids is 1. The second kappa shape index (κ2) is 8.48. The lowest BCUT2D eigenvalue weighted by atomic mass is 9.93. The van der Waals surface area contributed by atoms with E-state index < -0.39 is 17.1 Å². The van der Waals surface area contributed by atoms with Gasteiger partial charge in [0.25, 0.3) is 0 Å². The Morgan fingerprint density at radius 2 is 2.19 bits per heavy atom. The van der Waals surface area contributed by atoms with Crippen LogP contribution in [0.4, 0.5) is 0 Å². The van der Waals surface area contributed by atoms with Crippen LogP contribution >= 0.6 is 11.3 Å². The summed E-state index contributed by atoms with van der Waals surface area (Å²) in [5, 5.41) is 14.1. The van der Waals surface area contributed by atoms with E-state index in [1.807, 2.05) is 16.8 Å². The molecule has 2 aromatic heterocycles. The van der Waals surface area contributed by atoms with Crippen molar-refractivity contribution in [3.8, 4) is 5.75 Å². The summed E-state index contributed by atoms with van der Waals surface area (Å²) >= 11 is 1.48. The van der Waals surface area contributed by atoms with Crippen molar-refractivity contribution < 1.29 is 23.8 Å². The van der Waals surface area contributed by atoms with E-state index in [0.717, 1.165) is 5.56 Å². The summed E-state index contributed by atoms with van der Waals surface area (Å²) in [6.07, 6.45) is 0.101. The molecule has 0 aromatic carbocycles. The zero-order valence-corrected chi connectivity index (χ0v) is 15.3. The Hall–Kier alpha value is -2.16. The zero-order valence-electron chi connectivity index (χ0n) is 14.5. The number of amides is 1. The predicted molar refractivity (Wildman–Crippen MR) is 95.5 cm³/mol. The third kappa shape index (κ3) is 4.14. The quantitative estimate of drug-likeness (QED) is 0.825. The molecule has 7 nitrogen and oxygen atoms in total. The average Bonchev–Trinajstić information content (AvgIpc) is 3.18. The summed E-state index contributed by atoms with van der Waals surface area (Å²) in [4.78, 5) is 26.6. The normalized spacial score (nSPS) is 15.8. The minimum Gasteiger partial charge on any atom is -0.502 e.